The van der Waals surface area contributed by atoms with Crippen molar-refractivity contribution in [1.29, 1.82) is 0 Å². The van der Waals surface area contributed by atoms with Gasteiger partial charge in [0.1, 0.15) is 12.4 Å². The predicted molar refractivity (Wildman–Crippen MR) is 116 cm³/mol. The van der Waals surface area contributed by atoms with Gasteiger partial charge < -0.3 is 14.7 Å². The Morgan fingerprint density at radius 2 is 1.70 bits per heavy atom. The first-order valence-electron chi connectivity index (χ1n) is 10.2. The van der Waals surface area contributed by atoms with Crippen LogP contribution < -0.4 is 4.90 Å². The molecule has 2 atom stereocenters. The van der Waals surface area contributed by atoms with Gasteiger partial charge in [-0.2, -0.15) is 0 Å². The van der Waals surface area contributed by atoms with Crippen LogP contribution >= 0.6 is 0 Å². The molecule has 0 saturated carbocycles. The normalized spacial score (nSPS) is 18.9. The molecule has 1 saturated heterocycles. The summed E-state index contributed by atoms with van der Waals surface area (Å²) in [6, 6.07) is 20.4. The molecule has 1 aliphatic rings. The van der Waals surface area contributed by atoms with Crippen LogP contribution in [0.25, 0.3) is 22.5 Å². The number of aliphatic carboxylic acids is 1. The molecule has 154 valence electrons. The monoisotopic (exact) mass is 403 g/mol. The van der Waals surface area contributed by atoms with E-state index in [4.69, 9.17) is 19.8 Å². The Kier molecular flexibility index (Phi) is 6.05. The lowest BCUT2D eigenvalue weighted by Crippen LogP contribution is -2.44. The minimum absolute atomic E-state index is 0.0440. The van der Waals surface area contributed by atoms with E-state index in [0.717, 1.165) is 47.7 Å². The molecule has 0 radical (unpaired) electrons. The van der Waals surface area contributed by atoms with Crippen molar-refractivity contribution in [3.05, 3.63) is 66.9 Å². The number of nitrogens with zero attached hydrogens (tertiary/aromatic N) is 3. The van der Waals surface area contributed by atoms with Gasteiger partial charge in [0, 0.05) is 23.7 Å². The molecular formula is C24H25N3O3. The van der Waals surface area contributed by atoms with E-state index in [-0.39, 0.29) is 18.8 Å². The first kappa shape index (κ1) is 20.0. The van der Waals surface area contributed by atoms with E-state index in [1.807, 2.05) is 54.7 Å². The van der Waals surface area contributed by atoms with Crippen LogP contribution in [0, 0.1) is 0 Å². The molecule has 6 nitrogen and oxygen atoms in total. The van der Waals surface area contributed by atoms with E-state index >= 15 is 0 Å². The number of carbonyl (C=O) groups is 1. The van der Waals surface area contributed by atoms with Crippen LogP contribution in [0.3, 0.4) is 0 Å². The van der Waals surface area contributed by atoms with Crippen LogP contribution in [0.4, 0.5) is 5.82 Å². The van der Waals surface area contributed by atoms with Crippen molar-refractivity contribution in [2.45, 2.75) is 31.9 Å². The molecule has 2 heterocycles. The molecule has 6 heteroatoms. The maximum absolute atomic E-state index is 10.8. The van der Waals surface area contributed by atoms with Crippen LogP contribution in [-0.4, -0.2) is 46.3 Å². The summed E-state index contributed by atoms with van der Waals surface area (Å²) >= 11 is 0. The zero-order valence-corrected chi connectivity index (χ0v) is 16.9. The summed E-state index contributed by atoms with van der Waals surface area (Å²) in [5.41, 5.74) is 3.77. The minimum Gasteiger partial charge on any atom is -0.480 e. The molecule has 3 aromatic rings. The van der Waals surface area contributed by atoms with E-state index in [1.165, 1.54) is 0 Å². The summed E-state index contributed by atoms with van der Waals surface area (Å²) in [6.07, 6.45) is 3.32. The first-order chi connectivity index (χ1) is 14.6. The predicted octanol–water partition coefficient (Wildman–Crippen LogP) is 4.27. The van der Waals surface area contributed by atoms with E-state index in [0.29, 0.717) is 0 Å². The second-order valence-corrected chi connectivity index (χ2v) is 7.55. The van der Waals surface area contributed by atoms with Gasteiger partial charge in [-0.15, -0.1) is 0 Å². The van der Waals surface area contributed by atoms with Crippen LogP contribution in [0.15, 0.2) is 66.9 Å². The van der Waals surface area contributed by atoms with Crippen LogP contribution in [-0.2, 0) is 9.53 Å². The van der Waals surface area contributed by atoms with Crippen molar-refractivity contribution >= 4 is 11.8 Å². The number of hydrogen-bond acceptors (Lipinski definition) is 5. The fourth-order valence-corrected chi connectivity index (χ4v) is 3.93. The second kappa shape index (κ2) is 9.05. The quantitative estimate of drug-likeness (QED) is 0.662. The van der Waals surface area contributed by atoms with Gasteiger partial charge in [-0.25, -0.2) is 9.78 Å². The standard InChI is InChI=1S/C24H25N3O3/c1-17-14-20(30-16-22(28)29)12-13-27(17)21-15-25-23(18-8-4-2-5-9-18)24(26-21)19-10-6-3-7-11-19/h2-11,15,17,20H,12-14,16H2,1H3,(H,28,29)/t17-,20?/m1/s1. The van der Waals surface area contributed by atoms with Gasteiger partial charge in [-0.05, 0) is 19.8 Å². The molecule has 4 rings (SSSR count). The van der Waals surface area contributed by atoms with Gasteiger partial charge in [0.05, 0.1) is 23.7 Å². The highest BCUT2D eigenvalue weighted by Crippen LogP contribution is 2.32. The fourth-order valence-electron chi connectivity index (χ4n) is 3.93. The third kappa shape index (κ3) is 4.49. The number of carboxylic acids is 1. The number of aromatic nitrogens is 2. The summed E-state index contributed by atoms with van der Waals surface area (Å²) in [6.45, 7) is 2.62. The molecule has 0 bridgehead atoms. The number of rotatable bonds is 6. The molecule has 1 unspecified atom stereocenters. The average Bonchev–Trinajstić information content (AvgIpc) is 2.78. The number of benzene rings is 2. The van der Waals surface area contributed by atoms with Gasteiger partial charge in [-0.3, -0.25) is 4.98 Å². The maximum Gasteiger partial charge on any atom is 0.329 e. The van der Waals surface area contributed by atoms with Crippen molar-refractivity contribution in [1.82, 2.24) is 9.97 Å². The summed E-state index contributed by atoms with van der Waals surface area (Å²) in [7, 11) is 0. The number of carboxylic acid groups (broad SMARTS) is 1. The summed E-state index contributed by atoms with van der Waals surface area (Å²) in [5.74, 6) is -0.0994. The van der Waals surface area contributed by atoms with Crippen LogP contribution in [0.5, 0.6) is 0 Å². The first-order valence-corrected chi connectivity index (χ1v) is 10.2. The maximum atomic E-state index is 10.8. The van der Waals surface area contributed by atoms with E-state index in [9.17, 15) is 4.79 Å². The molecule has 1 aliphatic heterocycles. The van der Waals surface area contributed by atoms with Gasteiger partial charge in [-0.1, -0.05) is 60.7 Å². The average molecular weight is 403 g/mol. The van der Waals surface area contributed by atoms with Gasteiger partial charge in [0.25, 0.3) is 0 Å². The summed E-state index contributed by atoms with van der Waals surface area (Å²) < 4.78 is 5.51. The topological polar surface area (TPSA) is 75.6 Å². The summed E-state index contributed by atoms with van der Waals surface area (Å²) in [5, 5.41) is 8.85. The van der Waals surface area contributed by atoms with Gasteiger partial charge in [0.15, 0.2) is 0 Å². The highest BCUT2D eigenvalue weighted by atomic mass is 16.5. The Balaban J connectivity index is 1.63. The largest absolute Gasteiger partial charge is 0.480 e. The summed E-state index contributed by atoms with van der Waals surface area (Å²) in [4.78, 5) is 22.8. The molecule has 30 heavy (non-hydrogen) atoms. The lowest BCUT2D eigenvalue weighted by atomic mass is 10.0. The Labute approximate surface area is 176 Å². The van der Waals surface area contributed by atoms with Gasteiger partial charge in [0.2, 0.25) is 0 Å². The molecule has 0 aliphatic carbocycles. The molecular weight excluding hydrogens is 378 g/mol. The third-order valence-corrected chi connectivity index (χ3v) is 5.42. The van der Waals surface area contributed by atoms with E-state index < -0.39 is 5.97 Å². The van der Waals surface area contributed by atoms with Gasteiger partial charge >= 0.3 is 5.97 Å². The fraction of sp³-hybridized carbons (Fsp3) is 0.292. The van der Waals surface area contributed by atoms with Crippen molar-refractivity contribution in [3.63, 3.8) is 0 Å². The SMILES string of the molecule is C[C@@H]1CC(OCC(=O)O)CCN1c1cnc(-c2ccccc2)c(-c2ccccc2)n1. The molecule has 1 fully saturated rings. The van der Waals surface area contributed by atoms with Crippen molar-refractivity contribution < 1.29 is 14.6 Å². The van der Waals surface area contributed by atoms with Crippen molar-refractivity contribution in [2.75, 3.05) is 18.1 Å². The van der Waals surface area contributed by atoms with E-state index in [2.05, 4.69) is 24.0 Å². The number of piperidine rings is 1. The highest BCUT2D eigenvalue weighted by Gasteiger charge is 2.28. The highest BCUT2D eigenvalue weighted by molar-refractivity contribution is 5.78. The number of hydrogen-bond donors (Lipinski definition) is 1. The Morgan fingerprint density at radius 3 is 2.30 bits per heavy atom. The zero-order valence-electron chi connectivity index (χ0n) is 16.9. The lowest BCUT2D eigenvalue weighted by Gasteiger charge is -2.38. The van der Waals surface area contributed by atoms with Crippen molar-refractivity contribution in [3.8, 4) is 22.5 Å². The number of ether oxygens (including phenoxy) is 1. The molecule has 1 N–H and O–H groups in total. The van der Waals surface area contributed by atoms with Crippen LogP contribution in [0.2, 0.25) is 0 Å². The molecule has 2 aromatic carbocycles. The Hall–Kier alpha value is -3.25. The molecule has 0 spiro atoms. The Morgan fingerprint density at radius 1 is 1.07 bits per heavy atom. The van der Waals surface area contributed by atoms with E-state index in [1.54, 1.807) is 0 Å². The second-order valence-electron chi connectivity index (χ2n) is 7.55. The lowest BCUT2D eigenvalue weighted by molar-refractivity contribution is -0.144. The molecule has 0 amide bonds. The van der Waals surface area contributed by atoms with Crippen LogP contribution in [0.1, 0.15) is 19.8 Å². The zero-order chi connectivity index (χ0) is 20.9. The third-order valence-electron chi connectivity index (χ3n) is 5.42. The smallest absolute Gasteiger partial charge is 0.329 e. The Bertz CT molecular complexity index is 995. The molecule has 1 aromatic heterocycles. The number of anilines is 1. The van der Waals surface area contributed by atoms with Crippen molar-refractivity contribution in [2.24, 2.45) is 0 Å². The minimum atomic E-state index is -0.931.